The summed E-state index contributed by atoms with van der Waals surface area (Å²) in [6.45, 7) is 0. The van der Waals surface area contributed by atoms with Crippen LogP contribution < -0.4 is 5.32 Å². The van der Waals surface area contributed by atoms with Crippen LogP contribution in [0, 0.1) is 0 Å². The largest absolute Gasteiger partial charge is 0.465 e. The molecule has 0 radical (unpaired) electrons. The standard InChI is InChI=1S/C11H10N2O2/c14-11(15)12-9-4-3-5-10(8-9)13-6-1-2-7-13/h1-8,12H,(H,14,15). The molecule has 15 heavy (non-hydrogen) atoms. The van der Waals surface area contributed by atoms with Gasteiger partial charge in [0.2, 0.25) is 0 Å². The fraction of sp³-hybridized carbons (Fsp3) is 0. The maximum atomic E-state index is 10.4. The van der Waals surface area contributed by atoms with Crippen molar-refractivity contribution >= 4 is 11.8 Å². The molecule has 1 aromatic heterocycles. The molecular formula is C11H10N2O2. The summed E-state index contributed by atoms with van der Waals surface area (Å²) in [6, 6.07) is 11.0. The van der Waals surface area contributed by atoms with Crippen LogP contribution in [-0.2, 0) is 0 Å². The molecule has 1 amide bonds. The van der Waals surface area contributed by atoms with E-state index >= 15 is 0 Å². The molecule has 0 saturated heterocycles. The highest BCUT2D eigenvalue weighted by Gasteiger charge is 1.99. The third-order valence-corrected chi connectivity index (χ3v) is 2.00. The molecule has 0 atom stereocenters. The normalized spacial score (nSPS) is 9.87. The maximum Gasteiger partial charge on any atom is 0.409 e. The molecule has 4 heteroatoms. The van der Waals surface area contributed by atoms with Crippen molar-refractivity contribution in [3.8, 4) is 5.69 Å². The Morgan fingerprint density at radius 1 is 1.20 bits per heavy atom. The number of amides is 1. The molecule has 2 N–H and O–H groups in total. The molecule has 2 aromatic rings. The highest BCUT2D eigenvalue weighted by Crippen LogP contribution is 2.14. The Labute approximate surface area is 86.8 Å². The van der Waals surface area contributed by atoms with Crippen LogP contribution in [0.15, 0.2) is 48.8 Å². The van der Waals surface area contributed by atoms with Gasteiger partial charge in [0.05, 0.1) is 0 Å². The lowest BCUT2D eigenvalue weighted by atomic mass is 10.3. The van der Waals surface area contributed by atoms with Gasteiger partial charge < -0.3 is 9.67 Å². The molecule has 1 heterocycles. The number of nitrogens with one attached hydrogen (secondary N) is 1. The Morgan fingerprint density at radius 2 is 1.93 bits per heavy atom. The zero-order valence-electron chi connectivity index (χ0n) is 7.92. The minimum absolute atomic E-state index is 0.564. The molecular weight excluding hydrogens is 192 g/mol. The highest BCUT2D eigenvalue weighted by molar-refractivity contribution is 5.83. The van der Waals surface area contributed by atoms with Gasteiger partial charge in [-0.15, -0.1) is 0 Å². The Morgan fingerprint density at radius 3 is 2.60 bits per heavy atom. The molecule has 0 spiro atoms. The van der Waals surface area contributed by atoms with Gasteiger partial charge in [-0.1, -0.05) is 6.07 Å². The number of nitrogens with zero attached hydrogens (tertiary/aromatic N) is 1. The topological polar surface area (TPSA) is 54.3 Å². The minimum Gasteiger partial charge on any atom is -0.465 e. The van der Waals surface area contributed by atoms with Crippen molar-refractivity contribution in [3.05, 3.63) is 48.8 Å². The van der Waals surface area contributed by atoms with Gasteiger partial charge in [0, 0.05) is 23.8 Å². The first-order valence-corrected chi connectivity index (χ1v) is 4.49. The second-order valence-electron chi connectivity index (χ2n) is 3.07. The van der Waals surface area contributed by atoms with Crippen molar-refractivity contribution in [3.63, 3.8) is 0 Å². The van der Waals surface area contributed by atoms with E-state index in [1.54, 1.807) is 18.2 Å². The fourth-order valence-electron chi connectivity index (χ4n) is 1.37. The number of hydrogen-bond donors (Lipinski definition) is 2. The van der Waals surface area contributed by atoms with Crippen LogP contribution in [-0.4, -0.2) is 15.8 Å². The summed E-state index contributed by atoms with van der Waals surface area (Å²) in [4.78, 5) is 10.4. The molecule has 4 nitrogen and oxygen atoms in total. The van der Waals surface area contributed by atoms with E-state index in [9.17, 15) is 4.79 Å². The van der Waals surface area contributed by atoms with Crippen LogP contribution in [0.25, 0.3) is 5.69 Å². The van der Waals surface area contributed by atoms with Gasteiger partial charge in [0.25, 0.3) is 0 Å². The van der Waals surface area contributed by atoms with E-state index in [1.165, 1.54) is 0 Å². The molecule has 2 rings (SSSR count). The number of hydrogen-bond acceptors (Lipinski definition) is 1. The van der Waals surface area contributed by atoms with Crippen LogP contribution in [0.5, 0.6) is 0 Å². The number of rotatable bonds is 2. The van der Waals surface area contributed by atoms with Gasteiger partial charge in [-0.05, 0) is 30.3 Å². The van der Waals surface area contributed by atoms with Crippen LogP contribution >= 0.6 is 0 Å². The molecule has 0 unspecified atom stereocenters. The molecule has 0 aliphatic rings. The van der Waals surface area contributed by atoms with Gasteiger partial charge >= 0.3 is 6.09 Å². The van der Waals surface area contributed by atoms with E-state index in [0.29, 0.717) is 5.69 Å². The van der Waals surface area contributed by atoms with E-state index in [0.717, 1.165) is 5.69 Å². The summed E-state index contributed by atoms with van der Waals surface area (Å²) in [5, 5.41) is 10.9. The molecule has 0 bridgehead atoms. The fourth-order valence-corrected chi connectivity index (χ4v) is 1.37. The first kappa shape index (κ1) is 9.33. The summed E-state index contributed by atoms with van der Waals surface area (Å²) in [5.41, 5.74) is 1.49. The summed E-state index contributed by atoms with van der Waals surface area (Å²) in [5.74, 6) is 0. The molecule has 0 aliphatic carbocycles. The quantitative estimate of drug-likeness (QED) is 0.786. The minimum atomic E-state index is -1.06. The summed E-state index contributed by atoms with van der Waals surface area (Å²) in [6.07, 6.45) is 2.75. The van der Waals surface area contributed by atoms with Gasteiger partial charge in [0.15, 0.2) is 0 Å². The molecule has 0 aliphatic heterocycles. The first-order chi connectivity index (χ1) is 7.25. The molecule has 0 fully saturated rings. The predicted molar refractivity (Wildman–Crippen MR) is 57.4 cm³/mol. The molecule has 76 valence electrons. The Balaban J connectivity index is 2.31. The summed E-state index contributed by atoms with van der Waals surface area (Å²) in [7, 11) is 0. The summed E-state index contributed by atoms with van der Waals surface area (Å²) >= 11 is 0. The van der Waals surface area contributed by atoms with E-state index in [-0.39, 0.29) is 0 Å². The number of benzene rings is 1. The predicted octanol–water partition coefficient (Wildman–Crippen LogP) is 2.57. The van der Waals surface area contributed by atoms with E-state index < -0.39 is 6.09 Å². The van der Waals surface area contributed by atoms with Crippen molar-refractivity contribution in [1.82, 2.24) is 4.57 Å². The average Bonchev–Trinajstić information content (AvgIpc) is 2.69. The average molecular weight is 202 g/mol. The first-order valence-electron chi connectivity index (χ1n) is 4.49. The lowest BCUT2D eigenvalue weighted by molar-refractivity contribution is 0.210. The van der Waals surface area contributed by atoms with Crippen molar-refractivity contribution in [1.29, 1.82) is 0 Å². The van der Waals surface area contributed by atoms with Crippen molar-refractivity contribution in [2.45, 2.75) is 0 Å². The lowest BCUT2D eigenvalue weighted by Crippen LogP contribution is -2.07. The number of anilines is 1. The summed E-state index contributed by atoms with van der Waals surface area (Å²) < 4.78 is 1.91. The van der Waals surface area contributed by atoms with Crippen LogP contribution in [0.4, 0.5) is 10.5 Å². The van der Waals surface area contributed by atoms with Crippen LogP contribution in [0.2, 0.25) is 0 Å². The number of carboxylic acid groups (broad SMARTS) is 1. The van der Waals surface area contributed by atoms with Crippen molar-refractivity contribution < 1.29 is 9.90 Å². The van der Waals surface area contributed by atoms with E-state index in [4.69, 9.17) is 5.11 Å². The third-order valence-electron chi connectivity index (χ3n) is 2.00. The zero-order chi connectivity index (χ0) is 10.7. The zero-order valence-corrected chi connectivity index (χ0v) is 7.92. The van der Waals surface area contributed by atoms with E-state index in [2.05, 4.69) is 5.32 Å². The maximum absolute atomic E-state index is 10.4. The molecule has 0 saturated carbocycles. The van der Waals surface area contributed by atoms with Gasteiger partial charge in [0.1, 0.15) is 0 Å². The van der Waals surface area contributed by atoms with Crippen LogP contribution in [0.3, 0.4) is 0 Å². The Bertz CT molecular complexity index is 463. The monoisotopic (exact) mass is 202 g/mol. The van der Waals surface area contributed by atoms with Crippen LogP contribution in [0.1, 0.15) is 0 Å². The third kappa shape index (κ3) is 2.17. The number of carbonyl (C=O) groups is 1. The Hall–Kier alpha value is -2.23. The SMILES string of the molecule is O=C(O)Nc1cccc(-n2cccc2)c1. The smallest absolute Gasteiger partial charge is 0.409 e. The van der Waals surface area contributed by atoms with Gasteiger partial charge in [-0.3, -0.25) is 5.32 Å². The highest BCUT2D eigenvalue weighted by atomic mass is 16.4. The van der Waals surface area contributed by atoms with Crippen molar-refractivity contribution in [2.75, 3.05) is 5.32 Å². The van der Waals surface area contributed by atoms with Gasteiger partial charge in [-0.2, -0.15) is 0 Å². The second kappa shape index (κ2) is 3.88. The number of aromatic nitrogens is 1. The van der Waals surface area contributed by atoms with E-state index in [1.807, 2.05) is 35.2 Å². The lowest BCUT2D eigenvalue weighted by Gasteiger charge is -2.05. The van der Waals surface area contributed by atoms with Crippen molar-refractivity contribution in [2.24, 2.45) is 0 Å². The van der Waals surface area contributed by atoms with Gasteiger partial charge in [-0.25, -0.2) is 4.79 Å². The molecule has 1 aromatic carbocycles. The second-order valence-corrected chi connectivity index (χ2v) is 3.07. The Kier molecular flexibility index (Phi) is 2.41.